The molecule has 4 rings (SSSR count). The molecule has 1 aliphatic rings. The van der Waals surface area contributed by atoms with Gasteiger partial charge in [0.05, 0.1) is 37.3 Å². The Labute approximate surface area is 244 Å². The Balaban J connectivity index is 1.55. The van der Waals surface area contributed by atoms with Crippen LogP contribution >= 0.6 is 0 Å². The molecule has 1 aromatic heterocycles. The summed E-state index contributed by atoms with van der Waals surface area (Å²) in [5.41, 5.74) is 1.54. The van der Waals surface area contributed by atoms with Gasteiger partial charge >= 0.3 is 0 Å². The third kappa shape index (κ3) is 6.83. The minimum atomic E-state index is -3.94. The van der Waals surface area contributed by atoms with Crippen LogP contribution in [0.1, 0.15) is 29.6 Å². The van der Waals surface area contributed by atoms with Gasteiger partial charge in [-0.2, -0.15) is 4.31 Å². The maximum atomic E-state index is 13.2. The molecule has 3 aromatic rings. The molecule has 2 atom stereocenters. The first-order chi connectivity index (χ1) is 20.2. The maximum Gasteiger partial charge on any atom is 0.286 e. The summed E-state index contributed by atoms with van der Waals surface area (Å²) in [6, 6.07) is 13.4. The molecule has 0 unspecified atom stereocenters. The predicted molar refractivity (Wildman–Crippen MR) is 155 cm³/mol. The fourth-order valence-corrected chi connectivity index (χ4v) is 6.18. The highest BCUT2D eigenvalue weighted by molar-refractivity contribution is 7.89. The molecule has 0 bridgehead atoms. The molecule has 1 amide bonds. The van der Waals surface area contributed by atoms with Crippen molar-refractivity contribution in [1.29, 1.82) is 0 Å². The number of hydrogen-bond donors (Lipinski definition) is 2. The lowest BCUT2D eigenvalue weighted by Gasteiger charge is -2.30. The topological polar surface area (TPSA) is 136 Å². The SMILES string of the molecule is C#CCNC(=O)C1=C[C@@H](c2cn(C(C)=O)c3ccccc23)C[C@@H](OCCN(CCO)S(=O)(=O)c2ccc(OC)cc2)O1. The summed E-state index contributed by atoms with van der Waals surface area (Å²) in [5, 5.41) is 13.0. The lowest BCUT2D eigenvalue weighted by Crippen LogP contribution is -2.38. The van der Waals surface area contributed by atoms with Gasteiger partial charge in [-0.15, -0.1) is 6.42 Å². The number of aliphatic hydroxyl groups excluding tert-OH is 1. The number of methoxy groups -OCH3 is 1. The molecule has 2 heterocycles. The molecule has 2 aromatic carbocycles. The average Bonchev–Trinajstić information content (AvgIpc) is 3.39. The average molecular weight is 596 g/mol. The second kappa shape index (κ2) is 13.7. The van der Waals surface area contributed by atoms with Crippen molar-refractivity contribution >= 4 is 32.7 Å². The van der Waals surface area contributed by atoms with E-state index in [4.69, 9.17) is 20.6 Å². The Kier molecular flexibility index (Phi) is 10.0. The lowest BCUT2D eigenvalue weighted by atomic mass is 9.92. The molecule has 0 fully saturated rings. The van der Waals surface area contributed by atoms with Crippen molar-refractivity contribution in [2.75, 3.05) is 40.0 Å². The van der Waals surface area contributed by atoms with E-state index in [0.29, 0.717) is 12.2 Å². The number of allylic oxidation sites excluding steroid dienone is 1. The normalized spacial score (nSPS) is 16.9. The van der Waals surface area contributed by atoms with Crippen LogP contribution in [-0.4, -0.2) is 80.5 Å². The number of hydrogen-bond acceptors (Lipinski definition) is 8. The van der Waals surface area contributed by atoms with Gasteiger partial charge < -0.3 is 24.6 Å². The third-order valence-corrected chi connectivity index (χ3v) is 8.72. The molecule has 1 aliphatic heterocycles. The summed E-state index contributed by atoms with van der Waals surface area (Å²) in [4.78, 5) is 25.2. The summed E-state index contributed by atoms with van der Waals surface area (Å²) in [6.07, 6.45) is 8.10. The molecular formula is C30H33N3O8S. The Bertz CT molecular complexity index is 1610. The number of carbonyl (C=O) groups is 2. The molecule has 11 nitrogen and oxygen atoms in total. The zero-order chi connectivity index (χ0) is 30.3. The van der Waals surface area contributed by atoms with Gasteiger partial charge in [-0.3, -0.25) is 14.2 Å². The molecule has 42 heavy (non-hydrogen) atoms. The lowest BCUT2D eigenvalue weighted by molar-refractivity contribution is -0.146. The van der Waals surface area contributed by atoms with Crippen molar-refractivity contribution < 1.29 is 37.3 Å². The van der Waals surface area contributed by atoms with E-state index in [9.17, 15) is 23.1 Å². The van der Waals surface area contributed by atoms with Gasteiger partial charge in [0.2, 0.25) is 22.2 Å². The number of terminal acetylenes is 1. The number of aliphatic hydroxyl groups is 1. The highest BCUT2D eigenvalue weighted by atomic mass is 32.2. The molecule has 0 saturated carbocycles. The van der Waals surface area contributed by atoms with E-state index in [0.717, 1.165) is 20.8 Å². The van der Waals surface area contributed by atoms with Crippen LogP contribution in [0.5, 0.6) is 5.75 Å². The molecular weight excluding hydrogens is 562 g/mol. The van der Waals surface area contributed by atoms with Crippen LogP contribution in [0.25, 0.3) is 10.9 Å². The zero-order valence-electron chi connectivity index (χ0n) is 23.4. The first kappa shape index (κ1) is 30.8. The molecule has 0 spiro atoms. The molecule has 222 valence electrons. The molecule has 2 N–H and O–H groups in total. The summed E-state index contributed by atoms with van der Waals surface area (Å²) in [5.74, 6) is 1.82. The fourth-order valence-electron chi connectivity index (χ4n) is 4.76. The number of amides is 1. The maximum absolute atomic E-state index is 13.2. The number of nitrogens with one attached hydrogen (secondary N) is 1. The predicted octanol–water partition coefficient (Wildman–Crippen LogP) is 2.47. The highest BCUT2D eigenvalue weighted by Crippen LogP contribution is 2.36. The quantitative estimate of drug-likeness (QED) is 0.305. The Morgan fingerprint density at radius 2 is 1.93 bits per heavy atom. The number of ether oxygens (including phenoxy) is 3. The number of fused-ring (bicyclic) bond motifs is 1. The van der Waals surface area contributed by atoms with E-state index in [1.54, 1.807) is 29.0 Å². The van der Waals surface area contributed by atoms with Crippen LogP contribution in [0.15, 0.2) is 71.5 Å². The van der Waals surface area contributed by atoms with Crippen molar-refractivity contribution in [2.24, 2.45) is 0 Å². The van der Waals surface area contributed by atoms with E-state index in [-0.39, 0.29) is 55.3 Å². The Morgan fingerprint density at radius 1 is 1.19 bits per heavy atom. The van der Waals surface area contributed by atoms with Gasteiger partial charge in [0.15, 0.2) is 5.76 Å². The Morgan fingerprint density at radius 3 is 2.60 bits per heavy atom. The number of carbonyl (C=O) groups excluding carboxylic acids is 2. The fraction of sp³-hybridized carbons (Fsp3) is 0.333. The standard InChI is InChI=1S/C30H33N3O8S/c1-4-13-31-30(36)28-18-22(26-20-33(21(2)35)27-8-6-5-7-25(26)27)19-29(41-28)40-17-15-32(14-16-34)42(37,38)24-11-9-23(39-3)10-12-24/h1,5-12,18,20,22,29,34H,13-17,19H2,2-3H3,(H,31,36)/t22-,29+/m1/s1. The molecule has 0 aliphatic carbocycles. The largest absolute Gasteiger partial charge is 0.497 e. The van der Waals surface area contributed by atoms with Crippen molar-refractivity contribution in [2.45, 2.75) is 30.4 Å². The molecule has 0 saturated heterocycles. The second-order valence-corrected chi connectivity index (χ2v) is 11.4. The van der Waals surface area contributed by atoms with E-state index in [1.807, 2.05) is 24.3 Å². The summed E-state index contributed by atoms with van der Waals surface area (Å²) < 4.78 is 46.1. The first-order valence-corrected chi connectivity index (χ1v) is 14.7. The van der Waals surface area contributed by atoms with Crippen LogP contribution in [0.2, 0.25) is 0 Å². The Hall–Kier alpha value is -4.15. The van der Waals surface area contributed by atoms with E-state index in [1.165, 1.54) is 26.2 Å². The van der Waals surface area contributed by atoms with Gasteiger partial charge in [-0.25, -0.2) is 8.42 Å². The van der Waals surface area contributed by atoms with Crippen molar-refractivity contribution in [3.05, 3.63) is 72.1 Å². The van der Waals surface area contributed by atoms with Crippen LogP contribution in [0, 0.1) is 12.3 Å². The third-order valence-electron chi connectivity index (χ3n) is 6.80. The number of rotatable bonds is 12. The smallest absolute Gasteiger partial charge is 0.286 e. The highest BCUT2D eigenvalue weighted by Gasteiger charge is 2.31. The number of benzene rings is 2. The van der Waals surface area contributed by atoms with Crippen LogP contribution in [0.3, 0.4) is 0 Å². The van der Waals surface area contributed by atoms with Crippen LogP contribution in [-0.2, 0) is 24.3 Å². The van der Waals surface area contributed by atoms with Crippen LogP contribution < -0.4 is 10.1 Å². The molecule has 12 heteroatoms. The first-order valence-electron chi connectivity index (χ1n) is 13.3. The van der Waals surface area contributed by atoms with Gasteiger partial charge in [-0.1, -0.05) is 24.1 Å². The summed E-state index contributed by atoms with van der Waals surface area (Å²) in [6.45, 7) is 0.778. The van der Waals surface area contributed by atoms with Crippen molar-refractivity contribution in [3.8, 4) is 18.1 Å². The second-order valence-electron chi connectivity index (χ2n) is 9.47. The summed E-state index contributed by atoms with van der Waals surface area (Å²) >= 11 is 0. The van der Waals surface area contributed by atoms with Gasteiger partial charge in [0.1, 0.15) is 5.75 Å². The van der Waals surface area contributed by atoms with Gasteiger partial charge in [0.25, 0.3) is 5.91 Å². The minimum Gasteiger partial charge on any atom is -0.497 e. The van der Waals surface area contributed by atoms with E-state index in [2.05, 4.69) is 11.2 Å². The van der Waals surface area contributed by atoms with Gasteiger partial charge in [0, 0.05) is 43.9 Å². The monoisotopic (exact) mass is 595 g/mol. The van der Waals surface area contributed by atoms with Crippen molar-refractivity contribution in [3.63, 3.8) is 0 Å². The summed E-state index contributed by atoms with van der Waals surface area (Å²) in [7, 11) is -2.46. The van der Waals surface area contributed by atoms with Gasteiger partial charge in [-0.05, 0) is 42.0 Å². The number of nitrogens with zero attached hydrogens (tertiary/aromatic N) is 2. The number of sulfonamides is 1. The zero-order valence-corrected chi connectivity index (χ0v) is 24.2. The van der Waals surface area contributed by atoms with Crippen molar-refractivity contribution in [1.82, 2.24) is 14.2 Å². The molecule has 0 radical (unpaired) electrons. The van der Waals surface area contributed by atoms with Crippen LogP contribution in [0.4, 0.5) is 0 Å². The minimum absolute atomic E-state index is 0.00128. The van der Waals surface area contributed by atoms with E-state index < -0.39 is 22.2 Å². The number of para-hydroxylation sites is 1. The van der Waals surface area contributed by atoms with E-state index >= 15 is 0 Å². The number of aromatic nitrogens is 1.